The molecule has 0 aromatic heterocycles. The Bertz CT molecular complexity index is 1480. The Balaban J connectivity index is 1.67. The molecule has 1 N–H and O–H groups in total. The van der Waals surface area contributed by atoms with Crippen molar-refractivity contribution in [2.75, 3.05) is 16.2 Å². The molecule has 9 heteroatoms. The van der Waals surface area contributed by atoms with Gasteiger partial charge in [0, 0.05) is 10.0 Å². The average Bonchev–Trinajstić information content (AvgIpc) is 2.87. The maximum absolute atomic E-state index is 13.6. The molecule has 0 saturated heterocycles. The lowest BCUT2D eigenvalue weighted by Gasteiger charge is -2.26. The van der Waals surface area contributed by atoms with E-state index in [4.69, 9.17) is 27.9 Å². The van der Waals surface area contributed by atoms with Gasteiger partial charge in [-0.15, -0.1) is 0 Å². The highest BCUT2D eigenvalue weighted by Gasteiger charge is 2.29. The number of hydrogen-bond donors (Lipinski definition) is 1. The zero-order valence-corrected chi connectivity index (χ0v) is 21.5. The summed E-state index contributed by atoms with van der Waals surface area (Å²) >= 11 is 12.5. The number of sulfonamides is 1. The molecule has 0 atom stereocenters. The summed E-state index contributed by atoms with van der Waals surface area (Å²) in [5.74, 6) is 0.336. The Kier molecular flexibility index (Phi) is 7.84. The highest BCUT2D eigenvalue weighted by molar-refractivity contribution is 7.92. The first-order valence-corrected chi connectivity index (χ1v) is 13.1. The second kappa shape index (κ2) is 11.0. The molecule has 0 bridgehead atoms. The van der Waals surface area contributed by atoms with E-state index in [0.717, 1.165) is 4.31 Å². The topological polar surface area (TPSA) is 75.7 Å². The lowest BCUT2D eigenvalue weighted by Crippen LogP contribution is -2.38. The van der Waals surface area contributed by atoms with Crippen LogP contribution in [0.4, 0.5) is 11.4 Å². The van der Waals surface area contributed by atoms with E-state index < -0.39 is 22.5 Å². The summed E-state index contributed by atoms with van der Waals surface area (Å²) < 4.78 is 34.2. The number of anilines is 2. The van der Waals surface area contributed by atoms with Crippen LogP contribution in [0.1, 0.15) is 5.56 Å². The molecule has 0 aliphatic rings. The van der Waals surface area contributed by atoms with E-state index in [-0.39, 0.29) is 4.90 Å². The van der Waals surface area contributed by atoms with Crippen LogP contribution in [-0.2, 0) is 14.8 Å². The van der Waals surface area contributed by atoms with Crippen LogP contribution in [-0.4, -0.2) is 20.9 Å². The standard InChI is InChI=1S/C27H22Cl2N2O4S/c1-19-23(29)13-8-14-25(19)31(36(33,34)22-11-6-3-7-12-22)18-27(32)30-24-17-20(28)15-16-26(24)35-21-9-4-2-5-10-21/h2-17H,18H2,1H3,(H,30,32). The zero-order chi connectivity index (χ0) is 25.7. The van der Waals surface area contributed by atoms with Gasteiger partial charge < -0.3 is 10.1 Å². The Morgan fingerprint density at radius 1 is 0.889 bits per heavy atom. The Morgan fingerprint density at radius 2 is 1.56 bits per heavy atom. The van der Waals surface area contributed by atoms with Crippen molar-refractivity contribution >= 4 is 50.5 Å². The van der Waals surface area contributed by atoms with E-state index >= 15 is 0 Å². The van der Waals surface area contributed by atoms with Crippen LogP contribution < -0.4 is 14.4 Å². The van der Waals surface area contributed by atoms with Crippen molar-refractivity contribution in [1.82, 2.24) is 0 Å². The van der Waals surface area contributed by atoms with Gasteiger partial charge in [0.2, 0.25) is 5.91 Å². The lowest BCUT2D eigenvalue weighted by molar-refractivity contribution is -0.114. The maximum Gasteiger partial charge on any atom is 0.264 e. The smallest absolute Gasteiger partial charge is 0.264 e. The van der Waals surface area contributed by atoms with Gasteiger partial charge in [0.1, 0.15) is 12.3 Å². The molecular formula is C27H22Cl2N2O4S. The molecule has 4 aromatic rings. The van der Waals surface area contributed by atoms with Crippen molar-refractivity contribution in [3.05, 3.63) is 113 Å². The van der Waals surface area contributed by atoms with Gasteiger partial charge in [0.15, 0.2) is 5.75 Å². The number of benzene rings is 4. The second-order valence-electron chi connectivity index (χ2n) is 7.81. The Hall–Kier alpha value is -3.52. The van der Waals surface area contributed by atoms with Crippen molar-refractivity contribution in [2.24, 2.45) is 0 Å². The summed E-state index contributed by atoms with van der Waals surface area (Å²) in [5.41, 5.74) is 1.13. The quantitative estimate of drug-likeness (QED) is 0.263. The van der Waals surface area contributed by atoms with Gasteiger partial charge in [-0.1, -0.05) is 65.7 Å². The molecule has 0 aliphatic heterocycles. The van der Waals surface area contributed by atoms with Gasteiger partial charge in [-0.05, 0) is 67.1 Å². The number of carbonyl (C=O) groups is 1. The number of hydrogen-bond acceptors (Lipinski definition) is 4. The number of amides is 1. The molecule has 0 fully saturated rings. The average molecular weight is 541 g/mol. The largest absolute Gasteiger partial charge is 0.455 e. The van der Waals surface area contributed by atoms with Gasteiger partial charge >= 0.3 is 0 Å². The van der Waals surface area contributed by atoms with Crippen molar-refractivity contribution < 1.29 is 17.9 Å². The fourth-order valence-corrected chi connectivity index (χ4v) is 5.35. The molecule has 4 rings (SSSR count). The summed E-state index contributed by atoms with van der Waals surface area (Å²) in [6.07, 6.45) is 0. The molecule has 0 unspecified atom stereocenters. The summed E-state index contributed by atoms with van der Waals surface area (Å²) in [6, 6.07) is 26.7. The van der Waals surface area contributed by atoms with Crippen LogP contribution in [0.3, 0.4) is 0 Å². The fourth-order valence-electron chi connectivity index (χ4n) is 3.51. The minimum atomic E-state index is -4.09. The van der Waals surface area contributed by atoms with Crippen LogP contribution in [0.5, 0.6) is 11.5 Å². The molecule has 0 aliphatic carbocycles. The van der Waals surface area contributed by atoms with Gasteiger partial charge in [0.25, 0.3) is 10.0 Å². The first-order valence-electron chi connectivity index (χ1n) is 10.9. The monoisotopic (exact) mass is 540 g/mol. The van der Waals surface area contributed by atoms with Gasteiger partial charge in [-0.2, -0.15) is 0 Å². The lowest BCUT2D eigenvalue weighted by atomic mass is 10.2. The second-order valence-corrected chi connectivity index (χ2v) is 10.5. The summed E-state index contributed by atoms with van der Waals surface area (Å²) in [7, 11) is -4.09. The molecular weight excluding hydrogens is 519 g/mol. The van der Waals surface area contributed by atoms with Crippen molar-refractivity contribution in [2.45, 2.75) is 11.8 Å². The van der Waals surface area contributed by atoms with Crippen molar-refractivity contribution in [3.8, 4) is 11.5 Å². The summed E-state index contributed by atoms with van der Waals surface area (Å²) in [5, 5.41) is 3.51. The fraction of sp³-hybridized carbons (Fsp3) is 0.0741. The predicted molar refractivity (Wildman–Crippen MR) is 144 cm³/mol. The molecule has 1 amide bonds. The summed E-state index contributed by atoms with van der Waals surface area (Å²) in [6.45, 7) is 1.20. The molecule has 0 radical (unpaired) electrons. The highest BCUT2D eigenvalue weighted by Crippen LogP contribution is 2.33. The normalized spacial score (nSPS) is 11.1. The Labute approximate surface area is 220 Å². The zero-order valence-electron chi connectivity index (χ0n) is 19.2. The van der Waals surface area contributed by atoms with Crippen LogP contribution in [0, 0.1) is 6.92 Å². The van der Waals surface area contributed by atoms with E-state index in [1.165, 1.54) is 12.1 Å². The first kappa shape index (κ1) is 25.6. The molecule has 4 aromatic carbocycles. The first-order chi connectivity index (χ1) is 17.3. The maximum atomic E-state index is 13.6. The van der Waals surface area contributed by atoms with Crippen LogP contribution in [0.2, 0.25) is 10.0 Å². The third-order valence-corrected chi connectivity index (χ3v) is 7.73. The van der Waals surface area contributed by atoms with E-state index in [1.807, 2.05) is 18.2 Å². The third-order valence-electron chi connectivity index (χ3n) is 5.31. The van der Waals surface area contributed by atoms with Crippen LogP contribution >= 0.6 is 23.2 Å². The molecule has 36 heavy (non-hydrogen) atoms. The Morgan fingerprint density at radius 3 is 2.25 bits per heavy atom. The number of carbonyl (C=O) groups excluding carboxylic acids is 1. The van der Waals surface area contributed by atoms with Crippen molar-refractivity contribution in [3.63, 3.8) is 0 Å². The number of halogens is 2. The van der Waals surface area contributed by atoms with Crippen LogP contribution in [0.25, 0.3) is 0 Å². The van der Waals surface area contributed by atoms with Gasteiger partial charge in [-0.3, -0.25) is 9.10 Å². The van der Waals surface area contributed by atoms with Crippen molar-refractivity contribution in [1.29, 1.82) is 0 Å². The van der Waals surface area contributed by atoms with Crippen LogP contribution in [0.15, 0.2) is 102 Å². The van der Waals surface area contributed by atoms with Gasteiger partial charge in [-0.25, -0.2) is 8.42 Å². The minimum Gasteiger partial charge on any atom is -0.455 e. The molecule has 0 spiro atoms. The molecule has 6 nitrogen and oxygen atoms in total. The molecule has 0 saturated carbocycles. The SMILES string of the molecule is Cc1c(Cl)cccc1N(CC(=O)Nc1cc(Cl)ccc1Oc1ccccc1)S(=O)(=O)c1ccccc1. The highest BCUT2D eigenvalue weighted by atomic mass is 35.5. The number of para-hydroxylation sites is 1. The third kappa shape index (κ3) is 5.82. The number of nitrogens with zero attached hydrogens (tertiary/aromatic N) is 1. The number of ether oxygens (including phenoxy) is 1. The van der Waals surface area contributed by atoms with E-state index in [9.17, 15) is 13.2 Å². The predicted octanol–water partition coefficient (Wildman–Crippen LogP) is 6.93. The number of nitrogens with one attached hydrogen (secondary N) is 1. The van der Waals surface area contributed by atoms with E-state index in [0.29, 0.717) is 38.5 Å². The number of rotatable bonds is 8. The minimum absolute atomic E-state index is 0.0491. The van der Waals surface area contributed by atoms with E-state index in [2.05, 4.69) is 5.32 Å². The molecule has 184 valence electrons. The summed E-state index contributed by atoms with van der Waals surface area (Å²) in [4.78, 5) is 13.3. The van der Waals surface area contributed by atoms with E-state index in [1.54, 1.807) is 73.7 Å². The van der Waals surface area contributed by atoms with Gasteiger partial charge in [0.05, 0.1) is 16.3 Å². The molecule has 0 heterocycles.